The summed E-state index contributed by atoms with van der Waals surface area (Å²) in [6, 6.07) is 4.85. The molecule has 1 atom stereocenters. The van der Waals surface area contributed by atoms with Gasteiger partial charge in [-0.3, -0.25) is 4.57 Å². The van der Waals surface area contributed by atoms with Gasteiger partial charge in [-0.25, -0.2) is 9.59 Å². The second-order valence-corrected chi connectivity index (χ2v) is 4.58. The number of fused-ring (bicyclic) bond motifs is 1. The Hall–Kier alpha value is -2.12. The highest BCUT2D eigenvalue weighted by Gasteiger charge is 2.12. The Labute approximate surface area is 121 Å². The number of aryl methyl sites for hydroxylation is 1. The molecule has 0 amide bonds. The molecule has 1 heterocycles. The predicted octanol–water partition coefficient (Wildman–Crippen LogP) is 0.711. The molecule has 7 heteroatoms. The molecule has 0 aliphatic carbocycles. The van der Waals surface area contributed by atoms with Crippen molar-refractivity contribution in [1.82, 2.24) is 4.57 Å². The van der Waals surface area contributed by atoms with Crippen LogP contribution >= 0.6 is 0 Å². The Kier molecular flexibility index (Phi) is 4.77. The summed E-state index contributed by atoms with van der Waals surface area (Å²) in [7, 11) is 1.64. The van der Waals surface area contributed by atoms with Crippen molar-refractivity contribution in [2.45, 2.75) is 13.0 Å². The lowest BCUT2D eigenvalue weighted by molar-refractivity contribution is -0.148. The lowest BCUT2D eigenvalue weighted by atomic mass is 10.1. The fourth-order valence-corrected chi connectivity index (χ4v) is 1.95. The summed E-state index contributed by atoms with van der Waals surface area (Å²) in [6.45, 7) is 2.08. The number of rotatable bonds is 6. The van der Waals surface area contributed by atoms with Gasteiger partial charge in [0, 0.05) is 7.05 Å². The highest BCUT2D eigenvalue weighted by atomic mass is 16.6. The number of nitrogens with two attached hydrogens (primary N) is 1. The minimum absolute atomic E-state index is 0.135. The average molecular weight is 294 g/mol. The Morgan fingerprint density at radius 1 is 1.48 bits per heavy atom. The van der Waals surface area contributed by atoms with Crippen molar-refractivity contribution in [2.24, 2.45) is 12.8 Å². The Balaban J connectivity index is 2.01. The molecule has 2 rings (SSSR count). The van der Waals surface area contributed by atoms with Crippen LogP contribution in [0.25, 0.3) is 11.1 Å². The fraction of sp³-hybridized carbons (Fsp3) is 0.429. The van der Waals surface area contributed by atoms with Crippen molar-refractivity contribution in [3.63, 3.8) is 0 Å². The zero-order valence-electron chi connectivity index (χ0n) is 12.0. The fourth-order valence-electron chi connectivity index (χ4n) is 1.95. The van der Waals surface area contributed by atoms with Gasteiger partial charge in [0.15, 0.2) is 5.58 Å². The van der Waals surface area contributed by atoms with Crippen molar-refractivity contribution in [3.8, 4) is 0 Å². The molecule has 21 heavy (non-hydrogen) atoms. The average Bonchev–Trinajstić information content (AvgIpc) is 2.74. The summed E-state index contributed by atoms with van der Waals surface area (Å²) < 4.78 is 16.5. The highest BCUT2D eigenvalue weighted by Crippen LogP contribution is 2.18. The summed E-state index contributed by atoms with van der Waals surface area (Å²) in [4.78, 5) is 22.6. The van der Waals surface area contributed by atoms with E-state index < -0.39 is 17.8 Å². The van der Waals surface area contributed by atoms with Crippen LogP contribution in [0.15, 0.2) is 27.4 Å². The zero-order chi connectivity index (χ0) is 15.4. The molecule has 0 saturated heterocycles. The van der Waals surface area contributed by atoms with Crippen LogP contribution in [0.4, 0.5) is 0 Å². The molecule has 0 saturated carbocycles. The molecular weight excluding hydrogens is 276 g/mol. The number of carbonyl (C=O) groups excluding carboxylic acids is 1. The topological polar surface area (TPSA) is 96.7 Å². The summed E-state index contributed by atoms with van der Waals surface area (Å²) >= 11 is 0. The number of hydrogen-bond acceptors (Lipinski definition) is 6. The van der Waals surface area contributed by atoms with E-state index in [1.807, 2.05) is 0 Å². The second-order valence-electron chi connectivity index (χ2n) is 4.58. The molecule has 0 aliphatic heterocycles. The molecule has 0 bridgehead atoms. The van der Waals surface area contributed by atoms with Crippen molar-refractivity contribution >= 4 is 17.1 Å². The zero-order valence-corrected chi connectivity index (χ0v) is 12.0. The van der Waals surface area contributed by atoms with Gasteiger partial charge in [-0.2, -0.15) is 0 Å². The van der Waals surface area contributed by atoms with E-state index >= 15 is 0 Å². The van der Waals surface area contributed by atoms with Crippen LogP contribution in [0, 0.1) is 0 Å². The van der Waals surface area contributed by atoms with Crippen LogP contribution < -0.4 is 11.5 Å². The number of ether oxygens (including phenoxy) is 2. The third kappa shape index (κ3) is 3.50. The van der Waals surface area contributed by atoms with E-state index in [1.165, 1.54) is 4.57 Å². The summed E-state index contributed by atoms with van der Waals surface area (Å²) in [5.41, 5.74) is 7.92. The highest BCUT2D eigenvalue weighted by molar-refractivity contribution is 5.73. The predicted molar refractivity (Wildman–Crippen MR) is 75.8 cm³/mol. The molecule has 7 nitrogen and oxygen atoms in total. The number of esters is 1. The number of nitrogens with zero attached hydrogens (tertiary/aromatic N) is 1. The lowest BCUT2D eigenvalue weighted by Crippen LogP contribution is -2.20. The monoisotopic (exact) mass is 294 g/mol. The maximum Gasteiger partial charge on any atom is 0.419 e. The molecule has 0 radical (unpaired) electrons. The normalized spacial score (nSPS) is 12.5. The molecule has 2 N–H and O–H groups in total. The third-order valence-electron chi connectivity index (χ3n) is 3.07. The maximum atomic E-state index is 11.4. The maximum absolute atomic E-state index is 11.4. The van der Waals surface area contributed by atoms with Gasteiger partial charge in [0.05, 0.1) is 24.8 Å². The van der Waals surface area contributed by atoms with E-state index in [2.05, 4.69) is 0 Å². The van der Waals surface area contributed by atoms with Crippen LogP contribution in [-0.4, -0.2) is 30.4 Å². The first-order valence-electron chi connectivity index (χ1n) is 6.61. The number of carbonyl (C=O) groups is 1. The first-order chi connectivity index (χ1) is 10.0. The lowest BCUT2D eigenvalue weighted by Gasteiger charge is -2.12. The van der Waals surface area contributed by atoms with Gasteiger partial charge in [-0.05, 0) is 24.6 Å². The van der Waals surface area contributed by atoms with Crippen molar-refractivity contribution in [1.29, 1.82) is 0 Å². The number of benzene rings is 1. The van der Waals surface area contributed by atoms with Crippen LogP contribution in [0.5, 0.6) is 0 Å². The molecule has 0 fully saturated rings. The van der Waals surface area contributed by atoms with Gasteiger partial charge in [0.2, 0.25) is 0 Å². The van der Waals surface area contributed by atoms with Crippen LogP contribution in [-0.2, 0) is 21.3 Å². The number of hydrogen-bond donors (Lipinski definition) is 1. The first-order valence-corrected chi connectivity index (χ1v) is 6.61. The molecule has 1 unspecified atom stereocenters. The van der Waals surface area contributed by atoms with Crippen molar-refractivity contribution < 1.29 is 18.7 Å². The molecule has 2 aromatic rings. The minimum atomic E-state index is -0.422. The molecule has 0 spiro atoms. The summed E-state index contributed by atoms with van der Waals surface area (Å²) in [5.74, 6) is -0.844. The van der Waals surface area contributed by atoms with E-state index in [0.29, 0.717) is 17.7 Å². The molecule has 114 valence electrons. The Bertz CT molecular complexity index is 688. The van der Waals surface area contributed by atoms with Crippen LogP contribution in [0.1, 0.15) is 18.5 Å². The Morgan fingerprint density at radius 3 is 2.95 bits per heavy atom. The first kappa shape index (κ1) is 15.3. The number of aromatic nitrogens is 1. The molecule has 0 aliphatic rings. The van der Waals surface area contributed by atoms with Gasteiger partial charge in [-0.15, -0.1) is 0 Å². The van der Waals surface area contributed by atoms with E-state index in [1.54, 1.807) is 32.2 Å². The van der Waals surface area contributed by atoms with Gasteiger partial charge < -0.3 is 19.6 Å². The van der Waals surface area contributed by atoms with Gasteiger partial charge in [0.25, 0.3) is 0 Å². The van der Waals surface area contributed by atoms with Crippen molar-refractivity contribution in [3.05, 3.63) is 34.3 Å². The van der Waals surface area contributed by atoms with Gasteiger partial charge in [-0.1, -0.05) is 6.07 Å². The molecular formula is C14H18N2O5. The number of oxazole rings is 1. The SMILES string of the molecule is CCOC(=O)COCC(N)c1ccc2c(c1)oc(=O)n2C. The quantitative estimate of drug-likeness (QED) is 0.788. The van der Waals surface area contributed by atoms with Gasteiger partial charge >= 0.3 is 11.7 Å². The van der Waals surface area contributed by atoms with E-state index in [4.69, 9.17) is 19.6 Å². The standard InChI is InChI=1S/C14H18N2O5/c1-3-20-13(17)8-19-7-10(15)9-4-5-11-12(6-9)21-14(18)16(11)2/h4-6,10H,3,7-8,15H2,1-2H3. The Morgan fingerprint density at radius 2 is 2.24 bits per heavy atom. The van der Waals surface area contributed by atoms with Crippen LogP contribution in [0.2, 0.25) is 0 Å². The van der Waals surface area contributed by atoms with E-state index in [9.17, 15) is 9.59 Å². The molecule has 1 aromatic carbocycles. The smallest absolute Gasteiger partial charge is 0.419 e. The van der Waals surface area contributed by atoms with E-state index in [0.717, 1.165) is 5.56 Å². The summed E-state index contributed by atoms with van der Waals surface area (Å²) in [6.07, 6.45) is 0. The second kappa shape index (κ2) is 6.55. The largest absolute Gasteiger partial charge is 0.464 e. The van der Waals surface area contributed by atoms with Crippen molar-refractivity contribution in [2.75, 3.05) is 19.8 Å². The molecule has 1 aromatic heterocycles. The third-order valence-corrected chi connectivity index (χ3v) is 3.07. The minimum Gasteiger partial charge on any atom is -0.464 e. The summed E-state index contributed by atoms with van der Waals surface area (Å²) in [5, 5.41) is 0. The van der Waals surface area contributed by atoms with Gasteiger partial charge in [0.1, 0.15) is 6.61 Å². The van der Waals surface area contributed by atoms with Crippen LogP contribution in [0.3, 0.4) is 0 Å². The van der Waals surface area contributed by atoms with E-state index in [-0.39, 0.29) is 13.2 Å².